The van der Waals surface area contributed by atoms with E-state index in [4.69, 9.17) is 14.2 Å². The van der Waals surface area contributed by atoms with Crippen LogP contribution in [0.2, 0.25) is 0 Å². The maximum atomic E-state index is 12.8. The quantitative estimate of drug-likeness (QED) is 0.593. The lowest BCUT2D eigenvalue weighted by molar-refractivity contribution is -0.237. The number of nitrogens with one attached hydrogen (secondary N) is 2. The van der Waals surface area contributed by atoms with Gasteiger partial charge >= 0.3 is 0 Å². The first-order chi connectivity index (χ1) is 12.3. The van der Waals surface area contributed by atoms with E-state index in [2.05, 4.69) is 10.0 Å². The zero-order valence-electron chi connectivity index (χ0n) is 14.4. The van der Waals surface area contributed by atoms with E-state index in [-0.39, 0.29) is 24.4 Å². The molecule has 26 heavy (non-hydrogen) atoms. The number of sulfonamides is 1. The lowest BCUT2D eigenvalue weighted by Crippen LogP contribution is -2.46. The third-order valence-corrected chi connectivity index (χ3v) is 5.03. The predicted molar refractivity (Wildman–Crippen MR) is 91.3 cm³/mol. The smallest absolute Gasteiger partial charge is 0.251 e. The van der Waals surface area contributed by atoms with Crippen LogP contribution in [0.4, 0.5) is 4.39 Å². The molecule has 0 radical (unpaired) electrons. The summed E-state index contributed by atoms with van der Waals surface area (Å²) in [4.78, 5) is 11.9. The first-order valence-electron chi connectivity index (χ1n) is 7.75. The Morgan fingerprint density at radius 3 is 2.58 bits per heavy atom. The van der Waals surface area contributed by atoms with Crippen molar-refractivity contribution in [2.24, 2.45) is 0 Å². The molecule has 0 spiro atoms. The number of carbonyl (C=O) groups is 1. The van der Waals surface area contributed by atoms with Crippen LogP contribution in [0.3, 0.4) is 0 Å². The molecule has 144 valence electrons. The molecule has 8 nitrogen and oxygen atoms in total. The van der Waals surface area contributed by atoms with Crippen molar-refractivity contribution < 1.29 is 31.8 Å². The van der Waals surface area contributed by atoms with Gasteiger partial charge in [0.15, 0.2) is 6.29 Å². The van der Waals surface area contributed by atoms with Crippen LogP contribution in [-0.4, -0.2) is 59.5 Å². The molecule has 0 saturated heterocycles. The minimum Gasteiger partial charge on any atom is -0.352 e. The van der Waals surface area contributed by atoms with Crippen molar-refractivity contribution in [2.75, 3.05) is 33.1 Å². The fourth-order valence-electron chi connectivity index (χ4n) is 2.20. The minimum absolute atomic E-state index is 0.108. The van der Waals surface area contributed by atoms with Crippen LogP contribution in [0.1, 0.15) is 10.4 Å². The molecule has 0 saturated carbocycles. The molecule has 0 unspecified atom stereocenters. The molecule has 2 atom stereocenters. The molecule has 0 bridgehead atoms. The highest BCUT2D eigenvalue weighted by atomic mass is 32.2. The Labute approximate surface area is 151 Å². The molecule has 2 rings (SSSR count). The minimum atomic E-state index is -3.69. The normalized spacial score (nSPS) is 22.5. The molecular weight excluding hydrogens is 367 g/mol. The summed E-state index contributed by atoms with van der Waals surface area (Å²) in [7, 11) is -0.844. The van der Waals surface area contributed by atoms with Crippen molar-refractivity contribution in [1.29, 1.82) is 0 Å². The van der Waals surface area contributed by atoms with E-state index < -0.39 is 33.8 Å². The molecular formula is C16H21FN2O6S. The summed E-state index contributed by atoms with van der Waals surface area (Å²) < 4.78 is 55.1. The van der Waals surface area contributed by atoms with Crippen molar-refractivity contribution >= 4 is 15.9 Å². The number of benzene rings is 1. The summed E-state index contributed by atoms with van der Waals surface area (Å²) >= 11 is 0. The Hall–Kier alpha value is -1.85. The molecule has 0 fully saturated rings. The van der Waals surface area contributed by atoms with Gasteiger partial charge in [0.25, 0.3) is 5.91 Å². The van der Waals surface area contributed by atoms with Gasteiger partial charge in [0, 0.05) is 26.3 Å². The summed E-state index contributed by atoms with van der Waals surface area (Å²) in [5, 5.41) is 2.47. The Kier molecular flexibility index (Phi) is 6.84. The van der Waals surface area contributed by atoms with E-state index in [0.29, 0.717) is 0 Å². The third-order valence-electron chi connectivity index (χ3n) is 3.70. The molecule has 1 heterocycles. The summed E-state index contributed by atoms with van der Waals surface area (Å²) in [6, 6.07) is 4.94. The van der Waals surface area contributed by atoms with Crippen molar-refractivity contribution in [3.63, 3.8) is 0 Å². The second kappa shape index (κ2) is 8.69. The van der Waals surface area contributed by atoms with Crippen LogP contribution in [0.25, 0.3) is 0 Å². The molecule has 2 N–H and O–H groups in total. The van der Waals surface area contributed by atoms with E-state index in [0.717, 1.165) is 12.1 Å². The molecule has 1 aromatic rings. The molecule has 1 amide bonds. The van der Waals surface area contributed by atoms with Gasteiger partial charge in [0.2, 0.25) is 15.8 Å². The Balaban J connectivity index is 1.80. The Morgan fingerprint density at radius 1 is 1.31 bits per heavy atom. The summed E-state index contributed by atoms with van der Waals surface area (Å²) in [5.41, 5.74) is 0.241. The number of hydrogen-bond acceptors (Lipinski definition) is 6. The van der Waals surface area contributed by atoms with Crippen molar-refractivity contribution in [3.8, 4) is 0 Å². The fraction of sp³-hybridized carbons (Fsp3) is 0.438. The molecule has 1 aromatic carbocycles. The van der Waals surface area contributed by atoms with Gasteiger partial charge in [-0.25, -0.2) is 17.5 Å². The van der Waals surface area contributed by atoms with Gasteiger partial charge in [0.05, 0.1) is 12.3 Å². The maximum Gasteiger partial charge on any atom is 0.251 e. The van der Waals surface area contributed by atoms with Gasteiger partial charge in [-0.1, -0.05) is 0 Å². The average molecular weight is 388 g/mol. The SMILES string of the molecule is CO[C@H]1C=C[C@@](CNS(=O)(=O)CCNC(=O)c2ccc(F)cc2)(OC)O1. The lowest BCUT2D eigenvalue weighted by Gasteiger charge is -2.27. The van der Waals surface area contributed by atoms with E-state index >= 15 is 0 Å². The predicted octanol–water partition coefficient (Wildman–Crippen LogP) is 0.377. The Bertz CT molecular complexity index is 753. The van der Waals surface area contributed by atoms with Crippen molar-refractivity contribution in [2.45, 2.75) is 12.1 Å². The number of amides is 1. The fourth-order valence-corrected chi connectivity index (χ4v) is 3.14. The van der Waals surface area contributed by atoms with E-state index in [9.17, 15) is 17.6 Å². The van der Waals surface area contributed by atoms with E-state index in [1.807, 2.05) is 0 Å². The summed E-state index contributed by atoms with van der Waals surface area (Å²) in [5.74, 6) is -2.53. The zero-order valence-corrected chi connectivity index (χ0v) is 15.2. The average Bonchev–Trinajstić information content (AvgIpc) is 3.05. The molecule has 10 heteroatoms. The number of halogens is 1. The largest absolute Gasteiger partial charge is 0.352 e. The molecule has 0 aromatic heterocycles. The third kappa shape index (κ3) is 5.58. The van der Waals surface area contributed by atoms with Gasteiger partial charge in [-0.3, -0.25) is 4.79 Å². The van der Waals surface area contributed by atoms with E-state index in [1.165, 1.54) is 26.4 Å². The first kappa shape index (κ1) is 20.5. The van der Waals surface area contributed by atoms with Gasteiger partial charge in [-0.2, -0.15) is 0 Å². The van der Waals surface area contributed by atoms with Crippen LogP contribution in [-0.2, 0) is 24.2 Å². The van der Waals surface area contributed by atoms with E-state index in [1.54, 1.807) is 12.2 Å². The van der Waals surface area contributed by atoms with Gasteiger partial charge < -0.3 is 19.5 Å². The van der Waals surface area contributed by atoms with Crippen molar-refractivity contribution in [1.82, 2.24) is 10.0 Å². The van der Waals surface area contributed by atoms with Gasteiger partial charge in [0.1, 0.15) is 5.82 Å². The zero-order chi connectivity index (χ0) is 19.2. The monoisotopic (exact) mass is 388 g/mol. The Morgan fingerprint density at radius 2 is 2.00 bits per heavy atom. The van der Waals surface area contributed by atoms with Crippen LogP contribution in [0, 0.1) is 5.82 Å². The standard InChI is InChI=1S/C16H21FN2O6S/c1-23-14-7-8-16(24-2,25-14)11-19-26(21,22)10-9-18-15(20)12-3-5-13(17)6-4-12/h3-8,14,19H,9-11H2,1-2H3,(H,18,20)/t14-,16-/m1/s1. The van der Waals surface area contributed by atoms with Crippen molar-refractivity contribution in [3.05, 3.63) is 47.8 Å². The first-order valence-corrected chi connectivity index (χ1v) is 9.41. The highest BCUT2D eigenvalue weighted by molar-refractivity contribution is 7.89. The lowest BCUT2D eigenvalue weighted by atomic mass is 10.2. The number of hydrogen-bond donors (Lipinski definition) is 2. The molecule has 0 aliphatic carbocycles. The van der Waals surface area contributed by atoms with Crippen LogP contribution in [0.5, 0.6) is 0 Å². The van der Waals surface area contributed by atoms with Gasteiger partial charge in [-0.05, 0) is 36.4 Å². The second-order valence-corrected chi connectivity index (χ2v) is 7.43. The maximum absolute atomic E-state index is 12.8. The highest BCUT2D eigenvalue weighted by Gasteiger charge is 2.36. The second-order valence-electron chi connectivity index (χ2n) is 5.50. The molecule has 1 aliphatic heterocycles. The molecule has 1 aliphatic rings. The van der Waals surface area contributed by atoms with Gasteiger partial charge in [-0.15, -0.1) is 0 Å². The number of carbonyl (C=O) groups excluding carboxylic acids is 1. The summed E-state index contributed by atoms with van der Waals surface area (Å²) in [6.07, 6.45) is 2.57. The van der Waals surface area contributed by atoms with Crippen LogP contribution < -0.4 is 10.0 Å². The number of rotatable bonds is 9. The topological polar surface area (TPSA) is 103 Å². The van der Waals surface area contributed by atoms with Crippen LogP contribution in [0.15, 0.2) is 36.4 Å². The van der Waals surface area contributed by atoms with Crippen LogP contribution >= 0.6 is 0 Å². The highest BCUT2D eigenvalue weighted by Crippen LogP contribution is 2.24. The number of ether oxygens (including phenoxy) is 3. The summed E-state index contributed by atoms with van der Waals surface area (Å²) in [6.45, 7) is -0.253. The number of methoxy groups -OCH3 is 2.